The zero-order valence-electron chi connectivity index (χ0n) is 7.72. The fourth-order valence-corrected chi connectivity index (χ4v) is 2.17. The average molecular weight is 197 g/mol. The number of halogens is 1. The summed E-state index contributed by atoms with van der Waals surface area (Å²) >= 11 is 6.17. The standard InChI is InChI=1S/C11H13ClO/c1-13-7-8-2-3-9-4-5-11(12)10(9)6-8/h2-3,6,11H,4-5,7H2,1H3. The van der Waals surface area contributed by atoms with Gasteiger partial charge in [-0.1, -0.05) is 18.2 Å². The maximum atomic E-state index is 6.17. The molecule has 0 aromatic heterocycles. The predicted octanol–water partition coefficient (Wildman–Crippen LogP) is 3.06. The predicted molar refractivity (Wildman–Crippen MR) is 54.1 cm³/mol. The van der Waals surface area contributed by atoms with Crippen LogP contribution in [0.1, 0.15) is 28.5 Å². The summed E-state index contributed by atoms with van der Waals surface area (Å²) in [5.41, 5.74) is 3.92. The minimum Gasteiger partial charge on any atom is -0.380 e. The van der Waals surface area contributed by atoms with E-state index in [-0.39, 0.29) is 5.38 Å². The Balaban J connectivity index is 2.31. The Morgan fingerprint density at radius 1 is 1.54 bits per heavy atom. The summed E-state index contributed by atoms with van der Waals surface area (Å²) in [7, 11) is 1.71. The van der Waals surface area contributed by atoms with Gasteiger partial charge in [0.15, 0.2) is 0 Å². The molecule has 2 rings (SSSR count). The van der Waals surface area contributed by atoms with Gasteiger partial charge < -0.3 is 4.74 Å². The molecule has 0 bridgehead atoms. The highest BCUT2D eigenvalue weighted by Crippen LogP contribution is 2.36. The van der Waals surface area contributed by atoms with Crippen molar-refractivity contribution < 1.29 is 4.74 Å². The SMILES string of the molecule is COCc1ccc2c(c1)C(Cl)CC2. The molecule has 70 valence electrons. The number of methoxy groups -OCH3 is 1. The lowest BCUT2D eigenvalue weighted by molar-refractivity contribution is 0.185. The largest absolute Gasteiger partial charge is 0.380 e. The first-order valence-corrected chi connectivity index (χ1v) is 4.99. The molecule has 13 heavy (non-hydrogen) atoms. The van der Waals surface area contributed by atoms with Gasteiger partial charge in [0.05, 0.1) is 12.0 Å². The van der Waals surface area contributed by atoms with Crippen LogP contribution in [0.2, 0.25) is 0 Å². The fourth-order valence-electron chi connectivity index (χ4n) is 1.86. The van der Waals surface area contributed by atoms with Crippen LogP contribution in [0.4, 0.5) is 0 Å². The molecule has 0 aliphatic heterocycles. The Labute approximate surface area is 83.7 Å². The quantitative estimate of drug-likeness (QED) is 0.661. The van der Waals surface area contributed by atoms with Crippen LogP contribution in [0.25, 0.3) is 0 Å². The van der Waals surface area contributed by atoms with Crippen molar-refractivity contribution in [2.75, 3.05) is 7.11 Å². The van der Waals surface area contributed by atoms with E-state index < -0.39 is 0 Å². The van der Waals surface area contributed by atoms with Gasteiger partial charge in [-0.3, -0.25) is 0 Å². The van der Waals surface area contributed by atoms with Crippen molar-refractivity contribution >= 4 is 11.6 Å². The van der Waals surface area contributed by atoms with Gasteiger partial charge in [-0.05, 0) is 29.5 Å². The molecule has 1 atom stereocenters. The lowest BCUT2D eigenvalue weighted by Gasteiger charge is -2.05. The molecule has 0 saturated carbocycles. The van der Waals surface area contributed by atoms with Gasteiger partial charge in [0.1, 0.15) is 0 Å². The molecule has 0 heterocycles. The van der Waals surface area contributed by atoms with Crippen molar-refractivity contribution in [1.82, 2.24) is 0 Å². The molecule has 0 radical (unpaired) electrons. The Morgan fingerprint density at radius 3 is 3.15 bits per heavy atom. The molecule has 1 aliphatic carbocycles. The van der Waals surface area contributed by atoms with Crippen LogP contribution in [-0.4, -0.2) is 7.11 Å². The maximum absolute atomic E-state index is 6.17. The topological polar surface area (TPSA) is 9.23 Å². The third-order valence-electron chi connectivity index (χ3n) is 2.53. The van der Waals surface area contributed by atoms with E-state index in [1.54, 1.807) is 7.11 Å². The van der Waals surface area contributed by atoms with Gasteiger partial charge in [-0.2, -0.15) is 0 Å². The summed E-state index contributed by atoms with van der Waals surface area (Å²) in [6, 6.07) is 6.47. The normalized spacial score (nSPS) is 20.3. The van der Waals surface area contributed by atoms with E-state index in [1.165, 1.54) is 16.7 Å². The Bertz CT molecular complexity index is 309. The number of hydrogen-bond acceptors (Lipinski definition) is 1. The summed E-state index contributed by atoms with van der Waals surface area (Å²) < 4.78 is 5.08. The molecular formula is C11H13ClO. The second-order valence-corrected chi connectivity index (χ2v) is 4.00. The first kappa shape index (κ1) is 9.04. The summed E-state index contributed by atoms with van der Waals surface area (Å²) in [5, 5.41) is 0.215. The molecule has 1 nitrogen and oxygen atoms in total. The van der Waals surface area contributed by atoms with Crippen LogP contribution in [0.3, 0.4) is 0 Å². The molecule has 0 N–H and O–H groups in total. The van der Waals surface area contributed by atoms with Crippen LogP contribution < -0.4 is 0 Å². The van der Waals surface area contributed by atoms with Crippen molar-refractivity contribution in [2.45, 2.75) is 24.8 Å². The lowest BCUT2D eigenvalue weighted by atomic mass is 10.1. The van der Waals surface area contributed by atoms with Crippen LogP contribution >= 0.6 is 11.6 Å². The number of fused-ring (bicyclic) bond motifs is 1. The second kappa shape index (κ2) is 3.69. The number of ether oxygens (including phenoxy) is 1. The molecule has 0 fully saturated rings. The molecule has 1 aromatic carbocycles. The van der Waals surface area contributed by atoms with E-state index in [0.717, 1.165) is 12.8 Å². The van der Waals surface area contributed by atoms with Gasteiger partial charge in [0, 0.05) is 7.11 Å². The summed E-state index contributed by atoms with van der Waals surface area (Å²) in [6.07, 6.45) is 2.20. The van der Waals surface area contributed by atoms with Crippen molar-refractivity contribution in [3.05, 3.63) is 34.9 Å². The van der Waals surface area contributed by atoms with Crippen molar-refractivity contribution in [3.63, 3.8) is 0 Å². The summed E-state index contributed by atoms with van der Waals surface area (Å²) in [5.74, 6) is 0. The van der Waals surface area contributed by atoms with Gasteiger partial charge in [0.25, 0.3) is 0 Å². The molecule has 1 aromatic rings. The van der Waals surface area contributed by atoms with Crippen molar-refractivity contribution in [1.29, 1.82) is 0 Å². The van der Waals surface area contributed by atoms with Gasteiger partial charge in [-0.25, -0.2) is 0 Å². The smallest absolute Gasteiger partial charge is 0.0713 e. The highest BCUT2D eigenvalue weighted by atomic mass is 35.5. The fraction of sp³-hybridized carbons (Fsp3) is 0.455. The van der Waals surface area contributed by atoms with E-state index in [2.05, 4.69) is 18.2 Å². The molecule has 0 spiro atoms. The lowest BCUT2D eigenvalue weighted by Crippen LogP contribution is -1.91. The van der Waals surface area contributed by atoms with Crippen LogP contribution in [-0.2, 0) is 17.8 Å². The molecular weight excluding hydrogens is 184 g/mol. The molecule has 1 unspecified atom stereocenters. The van der Waals surface area contributed by atoms with E-state index >= 15 is 0 Å². The molecule has 1 aliphatic rings. The molecule has 2 heteroatoms. The first-order chi connectivity index (χ1) is 6.31. The third-order valence-corrected chi connectivity index (χ3v) is 2.98. The zero-order valence-corrected chi connectivity index (χ0v) is 8.47. The Kier molecular flexibility index (Phi) is 2.56. The highest BCUT2D eigenvalue weighted by Gasteiger charge is 2.19. The van der Waals surface area contributed by atoms with E-state index in [0.29, 0.717) is 6.61 Å². The van der Waals surface area contributed by atoms with Crippen molar-refractivity contribution in [3.8, 4) is 0 Å². The van der Waals surface area contributed by atoms with E-state index in [9.17, 15) is 0 Å². The number of aryl methyl sites for hydroxylation is 1. The first-order valence-electron chi connectivity index (χ1n) is 4.56. The number of alkyl halides is 1. The van der Waals surface area contributed by atoms with Crippen LogP contribution in [0, 0.1) is 0 Å². The second-order valence-electron chi connectivity index (χ2n) is 3.47. The maximum Gasteiger partial charge on any atom is 0.0713 e. The monoisotopic (exact) mass is 196 g/mol. The summed E-state index contributed by atoms with van der Waals surface area (Å²) in [6.45, 7) is 0.677. The number of hydrogen-bond donors (Lipinski definition) is 0. The Hall–Kier alpha value is -0.530. The van der Waals surface area contributed by atoms with Gasteiger partial charge in [-0.15, -0.1) is 11.6 Å². The minimum atomic E-state index is 0.215. The van der Waals surface area contributed by atoms with Crippen LogP contribution in [0.5, 0.6) is 0 Å². The molecule has 0 amide bonds. The highest BCUT2D eigenvalue weighted by molar-refractivity contribution is 6.21. The zero-order chi connectivity index (χ0) is 9.26. The average Bonchev–Trinajstić information content (AvgIpc) is 2.49. The van der Waals surface area contributed by atoms with Gasteiger partial charge in [0.2, 0.25) is 0 Å². The Morgan fingerprint density at radius 2 is 2.38 bits per heavy atom. The van der Waals surface area contributed by atoms with E-state index in [1.807, 2.05) is 0 Å². The minimum absolute atomic E-state index is 0.215. The molecule has 0 saturated heterocycles. The van der Waals surface area contributed by atoms with E-state index in [4.69, 9.17) is 16.3 Å². The number of rotatable bonds is 2. The summed E-state index contributed by atoms with van der Waals surface area (Å²) in [4.78, 5) is 0. The number of benzene rings is 1. The third kappa shape index (κ3) is 1.72. The van der Waals surface area contributed by atoms with Crippen LogP contribution in [0.15, 0.2) is 18.2 Å². The van der Waals surface area contributed by atoms with Crippen molar-refractivity contribution in [2.24, 2.45) is 0 Å². The van der Waals surface area contributed by atoms with Gasteiger partial charge >= 0.3 is 0 Å².